The molecule has 1 aliphatic carbocycles. The summed E-state index contributed by atoms with van der Waals surface area (Å²) in [6.07, 6.45) is 8.26. The molecular formula is C16H23N3O. The number of carbonyl (C=O) groups is 1. The van der Waals surface area contributed by atoms with Crippen LogP contribution < -0.4 is 10.6 Å². The summed E-state index contributed by atoms with van der Waals surface area (Å²) in [5.41, 5.74) is 1.56. The van der Waals surface area contributed by atoms with Crippen molar-refractivity contribution in [3.8, 4) is 0 Å². The van der Waals surface area contributed by atoms with Crippen molar-refractivity contribution in [2.75, 3.05) is 6.54 Å². The summed E-state index contributed by atoms with van der Waals surface area (Å²) in [5.74, 6) is -0.0169. The van der Waals surface area contributed by atoms with E-state index in [1.54, 1.807) is 0 Å². The molecule has 1 atom stereocenters. The van der Waals surface area contributed by atoms with Crippen molar-refractivity contribution in [2.45, 2.75) is 57.0 Å². The molecule has 1 saturated carbocycles. The second-order valence-electron chi connectivity index (χ2n) is 5.91. The highest BCUT2D eigenvalue weighted by Crippen LogP contribution is 2.21. The number of amides is 1. The summed E-state index contributed by atoms with van der Waals surface area (Å²) < 4.78 is 0. The Morgan fingerprint density at radius 2 is 2.00 bits per heavy atom. The zero-order valence-corrected chi connectivity index (χ0v) is 11.9. The highest BCUT2D eigenvalue weighted by molar-refractivity contribution is 5.92. The smallest absolute Gasteiger partial charge is 0.270 e. The molecule has 1 aromatic rings. The molecule has 1 aromatic heterocycles. The first-order chi connectivity index (χ1) is 9.83. The lowest BCUT2D eigenvalue weighted by Gasteiger charge is -2.22. The van der Waals surface area contributed by atoms with E-state index in [2.05, 4.69) is 15.6 Å². The number of pyridine rings is 1. The van der Waals surface area contributed by atoms with Gasteiger partial charge in [0.05, 0.1) is 5.69 Å². The number of aromatic nitrogens is 1. The molecule has 20 heavy (non-hydrogen) atoms. The standard InChI is InChI=1S/C16H23N3O/c20-16(18-12-6-2-1-3-7-12)15-9-4-8-14(19-15)13-10-5-11-17-13/h4,8-9,12-13,17H,1-3,5-7,10-11H2,(H,18,20). The van der Waals surface area contributed by atoms with E-state index in [0.29, 0.717) is 17.8 Å². The average molecular weight is 273 g/mol. The summed E-state index contributed by atoms with van der Waals surface area (Å²) in [7, 11) is 0. The fraction of sp³-hybridized carbons (Fsp3) is 0.625. The second kappa shape index (κ2) is 6.35. The van der Waals surface area contributed by atoms with Gasteiger partial charge in [0.15, 0.2) is 0 Å². The highest BCUT2D eigenvalue weighted by atomic mass is 16.1. The molecule has 2 fully saturated rings. The molecule has 0 spiro atoms. The average Bonchev–Trinajstić information content (AvgIpc) is 3.03. The predicted octanol–water partition coefficient (Wildman–Crippen LogP) is 2.57. The molecule has 2 heterocycles. The minimum absolute atomic E-state index is 0.0169. The number of carbonyl (C=O) groups excluding carboxylic acids is 1. The lowest BCUT2D eigenvalue weighted by Crippen LogP contribution is -2.36. The monoisotopic (exact) mass is 273 g/mol. The van der Waals surface area contributed by atoms with Crippen molar-refractivity contribution < 1.29 is 4.79 Å². The highest BCUT2D eigenvalue weighted by Gasteiger charge is 2.20. The molecule has 0 bridgehead atoms. The Balaban J connectivity index is 1.66. The number of rotatable bonds is 3. The first-order valence-electron chi connectivity index (χ1n) is 7.84. The molecule has 1 unspecified atom stereocenters. The van der Waals surface area contributed by atoms with Crippen molar-refractivity contribution >= 4 is 5.91 Å². The van der Waals surface area contributed by atoms with Gasteiger partial charge >= 0.3 is 0 Å². The topological polar surface area (TPSA) is 54.0 Å². The Morgan fingerprint density at radius 1 is 1.15 bits per heavy atom. The SMILES string of the molecule is O=C(NC1CCCCC1)c1cccc(C2CCCN2)n1. The minimum Gasteiger partial charge on any atom is -0.348 e. The van der Waals surface area contributed by atoms with Crippen LogP contribution in [-0.2, 0) is 0 Å². The van der Waals surface area contributed by atoms with Crippen LogP contribution in [0, 0.1) is 0 Å². The van der Waals surface area contributed by atoms with Crippen molar-refractivity contribution in [2.24, 2.45) is 0 Å². The third-order valence-corrected chi connectivity index (χ3v) is 4.36. The molecule has 4 nitrogen and oxygen atoms in total. The summed E-state index contributed by atoms with van der Waals surface area (Å²) in [6.45, 7) is 1.05. The molecular weight excluding hydrogens is 250 g/mol. The van der Waals surface area contributed by atoms with E-state index in [0.717, 1.165) is 31.5 Å². The Morgan fingerprint density at radius 3 is 2.75 bits per heavy atom. The van der Waals surface area contributed by atoms with Gasteiger partial charge in [0.1, 0.15) is 5.69 Å². The normalized spacial score (nSPS) is 23.7. The van der Waals surface area contributed by atoms with Crippen LogP contribution in [0.1, 0.15) is 67.2 Å². The maximum Gasteiger partial charge on any atom is 0.270 e. The van der Waals surface area contributed by atoms with E-state index in [4.69, 9.17) is 0 Å². The molecule has 0 radical (unpaired) electrons. The molecule has 1 amide bonds. The van der Waals surface area contributed by atoms with E-state index in [9.17, 15) is 4.79 Å². The van der Waals surface area contributed by atoms with Gasteiger partial charge in [0, 0.05) is 12.1 Å². The number of hydrogen-bond acceptors (Lipinski definition) is 3. The van der Waals surface area contributed by atoms with Crippen LogP contribution in [-0.4, -0.2) is 23.5 Å². The third-order valence-electron chi connectivity index (χ3n) is 4.36. The van der Waals surface area contributed by atoms with Gasteiger partial charge in [0.2, 0.25) is 0 Å². The maximum absolute atomic E-state index is 12.3. The van der Waals surface area contributed by atoms with Crippen LogP contribution in [0.5, 0.6) is 0 Å². The van der Waals surface area contributed by atoms with E-state index in [1.165, 1.54) is 25.7 Å². The van der Waals surface area contributed by atoms with Gasteiger partial charge in [-0.1, -0.05) is 25.3 Å². The molecule has 1 aliphatic heterocycles. The Labute approximate surface area is 120 Å². The van der Waals surface area contributed by atoms with E-state index in [-0.39, 0.29) is 5.91 Å². The Bertz CT molecular complexity index is 463. The van der Waals surface area contributed by atoms with E-state index in [1.807, 2.05) is 18.2 Å². The molecule has 2 aliphatic rings. The summed E-state index contributed by atoms with van der Waals surface area (Å²) in [4.78, 5) is 16.8. The van der Waals surface area contributed by atoms with Gasteiger partial charge in [-0.05, 0) is 44.4 Å². The predicted molar refractivity (Wildman–Crippen MR) is 78.6 cm³/mol. The first-order valence-corrected chi connectivity index (χ1v) is 7.84. The van der Waals surface area contributed by atoms with Crippen LogP contribution >= 0.6 is 0 Å². The zero-order valence-electron chi connectivity index (χ0n) is 11.9. The molecule has 1 saturated heterocycles. The second-order valence-corrected chi connectivity index (χ2v) is 5.91. The van der Waals surface area contributed by atoms with Crippen LogP contribution in [0.4, 0.5) is 0 Å². The van der Waals surface area contributed by atoms with Gasteiger partial charge in [-0.2, -0.15) is 0 Å². The molecule has 3 rings (SSSR count). The molecule has 2 N–H and O–H groups in total. The zero-order chi connectivity index (χ0) is 13.8. The van der Waals surface area contributed by atoms with Gasteiger partial charge in [-0.3, -0.25) is 4.79 Å². The van der Waals surface area contributed by atoms with Crippen molar-refractivity contribution in [3.05, 3.63) is 29.6 Å². The van der Waals surface area contributed by atoms with Crippen LogP contribution in [0.25, 0.3) is 0 Å². The van der Waals surface area contributed by atoms with Crippen molar-refractivity contribution in [3.63, 3.8) is 0 Å². The van der Waals surface area contributed by atoms with E-state index < -0.39 is 0 Å². The van der Waals surface area contributed by atoms with Crippen LogP contribution in [0.3, 0.4) is 0 Å². The summed E-state index contributed by atoms with van der Waals surface area (Å²) in [5, 5.41) is 6.56. The van der Waals surface area contributed by atoms with Gasteiger partial charge in [0.25, 0.3) is 5.91 Å². The maximum atomic E-state index is 12.3. The van der Waals surface area contributed by atoms with Crippen LogP contribution in [0.2, 0.25) is 0 Å². The number of nitrogens with one attached hydrogen (secondary N) is 2. The third kappa shape index (κ3) is 3.18. The Kier molecular flexibility index (Phi) is 4.31. The van der Waals surface area contributed by atoms with Crippen molar-refractivity contribution in [1.82, 2.24) is 15.6 Å². The fourth-order valence-corrected chi connectivity index (χ4v) is 3.22. The summed E-state index contributed by atoms with van der Waals surface area (Å²) in [6, 6.07) is 6.43. The number of nitrogens with zero attached hydrogens (tertiary/aromatic N) is 1. The fourth-order valence-electron chi connectivity index (χ4n) is 3.22. The first kappa shape index (κ1) is 13.6. The van der Waals surface area contributed by atoms with Crippen LogP contribution in [0.15, 0.2) is 18.2 Å². The largest absolute Gasteiger partial charge is 0.348 e. The quantitative estimate of drug-likeness (QED) is 0.890. The lowest BCUT2D eigenvalue weighted by atomic mass is 9.95. The van der Waals surface area contributed by atoms with Gasteiger partial charge < -0.3 is 10.6 Å². The molecule has 4 heteroatoms. The van der Waals surface area contributed by atoms with Gasteiger partial charge in [-0.15, -0.1) is 0 Å². The number of hydrogen-bond donors (Lipinski definition) is 2. The Hall–Kier alpha value is -1.42. The molecule has 0 aromatic carbocycles. The minimum atomic E-state index is -0.0169. The lowest BCUT2D eigenvalue weighted by molar-refractivity contribution is 0.0922. The summed E-state index contributed by atoms with van der Waals surface area (Å²) >= 11 is 0. The molecule has 108 valence electrons. The van der Waals surface area contributed by atoms with Crippen molar-refractivity contribution in [1.29, 1.82) is 0 Å². The van der Waals surface area contributed by atoms with Gasteiger partial charge in [-0.25, -0.2) is 4.98 Å². The van der Waals surface area contributed by atoms with E-state index >= 15 is 0 Å².